The highest BCUT2D eigenvalue weighted by molar-refractivity contribution is 5.94. The first kappa shape index (κ1) is 30.9. The van der Waals surface area contributed by atoms with Crippen LogP contribution >= 0.6 is 0 Å². The van der Waals surface area contributed by atoms with E-state index in [0.29, 0.717) is 35.9 Å². The predicted molar refractivity (Wildman–Crippen MR) is 157 cm³/mol. The molecule has 0 radical (unpaired) electrons. The van der Waals surface area contributed by atoms with Crippen LogP contribution < -0.4 is 21.6 Å². The zero-order chi connectivity index (χ0) is 30.9. The Morgan fingerprint density at radius 1 is 1.07 bits per heavy atom. The Morgan fingerprint density at radius 3 is 2.48 bits per heavy atom. The van der Waals surface area contributed by atoms with Crippen molar-refractivity contribution in [1.82, 2.24) is 30.6 Å². The fraction of sp³-hybridized carbons (Fsp3) is 0.533. The Kier molecular flexibility index (Phi) is 8.86. The topological polar surface area (TPSA) is 152 Å². The van der Waals surface area contributed by atoms with Gasteiger partial charge in [0.2, 0.25) is 11.8 Å². The number of hydrogen-bond donors (Lipinski definition) is 3. The molecule has 2 aromatic rings. The van der Waals surface area contributed by atoms with Gasteiger partial charge in [-0.3, -0.25) is 33.5 Å². The fourth-order valence-electron chi connectivity index (χ4n) is 5.04. The number of fused-ring (bicyclic) bond motifs is 4. The lowest BCUT2D eigenvalue weighted by molar-refractivity contribution is -0.157. The van der Waals surface area contributed by atoms with Crippen molar-refractivity contribution >= 4 is 40.7 Å². The molecule has 0 aliphatic carbocycles. The monoisotopic (exact) mass is 580 g/mol. The molecule has 1 saturated heterocycles. The average molecular weight is 581 g/mol. The minimum Gasteiger partial charge on any atom is -0.453 e. The van der Waals surface area contributed by atoms with Crippen LogP contribution in [0.2, 0.25) is 0 Å². The molecule has 226 valence electrons. The second-order valence-corrected chi connectivity index (χ2v) is 12.0. The maximum absolute atomic E-state index is 13.3. The van der Waals surface area contributed by atoms with Gasteiger partial charge in [0, 0.05) is 13.6 Å². The summed E-state index contributed by atoms with van der Waals surface area (Å²) in [5.41, 5.74) is 2.78. The van der Waals surface area contributed by atoms with Gasteiger partial charge in [-0.05, 0) is 64.2 Å². The lowest BCUT2D eigenvalue weighted by atomic mass is 9.89. The molecule has 5 bridgehead atoms. The average Bonchev–Trinajstić information content (AvgIpc) is 2.95. The number of nitrogens with zero attached hydrogens (tertiary/aromatic N) is 3. The number of carbonyl (C=O) groups is 4. The van der Waals surface area contributed by atoms with Crippen molar-refractivity contribution in [2.45, 2.75) is 78.6 Å². The van der Waals surface area contributed by atoms with Gasteiger partial charge in [-0.15, -0.1) is 0 Å². The molecule has 3 heterocycles. The van der Waals surface area contributed by atoms with Crippen LogP contribution in [0, 0.1) is 11.3 Å². The van der Waals surface area contributed by atoms with E-state index in [1.165, 1.54) is 9.58 Å². The minimum absolute atomic E-state index is 0.254. The molecule has 1 aromatic heterocycles. The summed E-state index contributed by atoms with van der Waals surface area (Å²) in [7, 11) is 1.57. The van der Waals surface area contributed by atoms with E-state index in [1.54, 1.807) is 65.1 Å². The molecule has 3 N–H and O–H groups in total. The molecule has 3 amide bonds. The van der Waals surface area contributed by atoms with Gasteiger partial charge < -0.3 is 15.4 Å². The van der Waals surface area contributed by atoms with Crippen LogP contribution in [0.3, 0.4) is 0 Å². The van der Waals surface area contributed by atoms with Gasteiger partial charge in [0.25, 0.3) is 11.5 Å². The molecule has 12 heteroatoms. The number of carbonyl (C=O) groups excluding carboxylic acids is 4. The molecule has 42 heavy (non-hydrogen) atoms. The van der Waals surface area contributed by atoms with Crippen LogP contribution in [0.15, 0.2) is 29.1 Å². The van der Waals surface area contributed by atoms with Crippen LogP contribution in [0.5, 0.6) is 0 Å². The SMILES string of the molecule is CC1NC(=O)C(C(C)C)NC(=O)C(C)(C)C=Cc2ccc3c(=O)n(C)c(nc3c2)C(C)OC(=O)C2CCCN(N2)C1=O. The van der Waals surface area contributed by atoms with Crippen molar-refractivity contribution in [2.24, 2.45) is 18.4 Å². The number of nitrogens with one attached hydrogen (secondary N) is 3. The van der Waals surface area contributed by atoms with E-state index in [-0.39, 0.29) is 23.2 Å². The first-order chi connectivity index (χ1) is 19.7. The number of aromatic nitrogens is 2. The number of esters is 1. The Hall–Kier alpha value is -4.06. The Morgan fingerprint density at radius 2 is 1.79 bits per heavy atom. The number of amides is 3. The van der Waals surface area contributed by atoms with Crippen molar-refractivity contribution in [1.29, 1.82) is 0 Å². The van der Waals surface area contributed by atoms with E-state index < -0.39 is 47.4 Å². The van der Waals surface area contributed by atoms with Crippen LogP contribution in [0.25, 0.3) is 17.0 Å². The molecule has 0 saturated carbocycles. The highest BCUT2D eigenvalue weighted by Gasteiger charge is 2.35. The van der Waals surface area contributed by atoms with Crippen LogP contribution in [0.4, 0.5) is 0 Å². The van der Waals surface area contributed by atoms with E-state index in [2.05, 4.69) is 21.0 Å². The van der Waals surface area contributed by atoms with E-state index in [1.807, 2.05) is 13.8 Å². The normalized spacial score (nSPS) is 25.8. The third-order valence-electron chi connectivity index (χ3n) is 7.77. The van der Waals surface area contributed by atoms with Gasteiger partial charge in [-0.1, -0.05) is 32.1 Å². The predicted octanol–water partition coefficient (Wildman–Crippen LogP) is 1.73. The zero-order valence-electron chi connectivity index (χ0n) is 25.2. The summed E-state index contributed by atoms with van der Waals surface area (Å²) in [6.07, 6.45) is 3.60. The van der Waals surface area contributed by atoms with Crippen molar-refractivity contribution < 1.29 is 23.9 Å². The van der Waals surface area contributed by atoms with E-state index >= 15 is 0 Å². The fourth-order valence-corrected chi connectivity index (χ4v) is 5.04. The first-order valence-corrected chi connectivity index (χ1v) is 14.3. The highest BCUT2D eigenvalue weighted by atomic mass is 16.5. The smallest absolute Gasteiger partial charge is 0.325 e. The molecule has 4 unspecified atom stereocenters. The number of hydrogen-bond acceptors (Lipinski definition) is 8. The molecule has 1 fully saturated rings. The Balaban J connectivity index is 1.77. The maximum atomic E-state index is 13.3. The number of rotatable bonds is 1. The van der Waals surface area contributed by atoms with Gasteiger partial charge >= 0.3 is 5.97 Å². The lowest BCUT2D eigenvalue weighted by Gasteiger charge is -2.35. The quantitative estimate of drug-likeness (QED) is 0.432. The van der Waals surface area contributed by atoms with E-state index in [0.717, 1.165) is 0 Å². The van der Waals surface area contributed by atoms with Gasteiger partial charge in [0.1, 0.15) is 18.1 Å². The summed E-state index contributed by atoms with van der Waals surface area (Å²) in [5.74, 6) is -1.84. The number of ether oxygens (including phenoxy) is 1. The maximum Gasteiger partial charge on any atom is 0.325 e. The molecule has 4 rings (SSSR count). The van der Waals surface area contributed by atoms with Crippen molar-refractivity contribution in [3.8, 4) is 0 Å². The second kappa shape index (κ2) is 12.0. The van der Waals surface area contributed by atoms with Crippen molar-refractivity contribution in [3.63, 3.8) is 0 Å². The molecule has 4 atom stereocenters. The van der Waals surface area contributed by atoms with E-state index in [9.17, 15) is 24.0 Å². The molecule has 0 spiro atoms. The van der Waals surface area contributed by atoms with Crippen LogP contribution in [-0.2, 0) is 31.0 Å². The second-order valence-electron chi connectivity index (χ2n) is 12.0. The highest BCUT2D eigenvalue weighted by Crippen LogP contribution is 2.23. The molecule has 2 aliphatic heterocycles. The molecule has 2 aliphatic rings. The summed E-state index contributed by atoms with van der Waals surface area (Å²) in [4.78, 5) is 70.8. The lowest BCUT2D eigenvalue weighted by Crippen LogP contribution is -2.61. The molecular formula is C30H40N6O6. The Labute approximate surface area is 244 Å². The van der Waals surface area contributed by atoms with Gasteiger partial charge in [0.05, 0.1) is 16.3 Å². The third kappa shape index (κ3) is 6.38. The Bertz CT molecular complexity index is 1500. The molecule has 12 nitrogen and oxygen atoms in total. The van der Waals surface area contributed by atoms with Crippen molar-refractivity contribution in [3.05, 3.63) is 46.0 Å². The third-order valence-corrected chi connectivity index (χ3v) is 7.77. The summed E-state index contributed by atoms with van der Waals surface area (Å²) in [6.45, 7) is 10.6. The summed E-state index contributed by atoms with van der Waals surface area (Å²) in [6, 6.07) is 2.56. The summed E-state index contributed by atoms with van der Waals surface area (Å²) < 4.78 is 7.08. The van der Waals surface area contributed by atoms with Crippen molar-refractivity contribution in [2.75, 3.05) is 6.54 Å². The molecular weight excluding hydrogens is 540 g/mol. The largest absolute Gasteiger partial charge is 0.453 e. The summed E-state index contributed by atoms with van der Waals surface area (Å²) in [5, 5.41) is 7.28. The summed E-state index contributed by atoms with van der Waals surface area (Å²) >= 11 is 0. The zero-order valence-corrected chi connectivity index (χ0v) is 25.2. The van der Waals surface area contributed by atoms with Crippen LogP contribution in [-0.4, -0.2) is 62.9 Å². The first-order valence-electron chi connectivity index (χ1n) is 14.3. The van der Waals surface area contributed by atoms with E-state index in [4.69, 9.17) is 4.74 Å². The standard InChI is InChI=1S/C30H40N6O6/c1-16(2)23-25(37)31-17(3)26(38)36-14-8-9-21(34-36)28(40)42-18(4)24-32-22-15-19(10-11-20(22)27(39)35(24)7)12-13-30(5,6)29(41)33-23/h10-13,15-18,21,23,34H,8-9,14H2,1-7H3,(H,31,37)(H,33,41). The number of cyclic esters (lactones) is 1. The van der Waals surface area contributed by atoms with Gasteiger partial charge in [-0.25, -0.2) is 10.4 Å². The minimum atomic E-state index is -0.997. The van der Waals surface area contributed by atoms with Crippen LogP contribution in [0.1, 0.15) is 71.9 Å². The number of hydrazine groups is 1. The van der Waals surface area contributed by atoms with Gasteiger partial charge in [0.15, 0.2) is 11.9 Å². The van der Waals surface area contributed by atoms with Gasteiger partial charge in [-0.2, -0.15) is 0 Å². The number of benzene rings is 1. The molecule has 1 aromatic carbocycles.